The highest BCUT2D eigenvalue weighted by Crippen LogP contribution is 2.10. The molecule has 4 nitrogen and oxygen atoms in total. The lowest BCUT2D eigenvalue weighted by Crippen LogP contribution is -2.06. The molecule has 0 amide bonds. The lowest BCUT2D eigenvalue weighted by atomic mass is 10.1. The van der Waals surface area contributed by atoms with Gasteiger partial charge in [0.25, 0.3) is 6.47 Å². The number of benzene rings is 4. The van der Waals surface area contributed by atoms with E-state index in [1.165, 1.54) is 11.1 Å². The molecule has 0 saturated carbocycles. The highest BCUT2D eigenvalue weighted by Gasteiger charge is 2.09. The summed E-state index contributed by atoms with van der Waals surface area (Å²) < 4.78 is 9.80. The number of aryl methyl sites for hydroxylation is 3. The zero-order valence-electron chi connectivity index (χ0n) is 20.5. The number of hydrogen-bond donors (Lipinski definition) is 0. The molecule has 0 unspecified atom stereocenters. The normalized spacial score (nSPS) is 9.46. The standard InChI is InChI=1S/C15H14O2.C8H8O2.C8H10/c1-12-7-5-6-10-14(12)15(16)17-11-13-8-3-2-4-9-13;9-7-10-6-8-4-2-1-3-5-8;1-7-5-3-4-6-8(7)2/h2-10H,11H2,1H3;1-5,7H,6H2;3-6H,1-2H3. The average molecular weight is 469 g/mol. The average Bonchev–Trinajstić information content (AvgIpc) is 2.90. The summed E-state index contributed by atoms with van der Waals surface area (Å²) in [6.45, 7) is 7.27. The van der Waals surface area contributed by atoms with Gasteiger partial charge in [0.1, 0.15) is 13.2 Å². The van der Waals surface area contributed by atoms with Crippen molar-refractivity contribution in [2.24, 2.45) is 0 Å². The van der Waals surface area contributed by atoms with Gasteiger partial charge in [-0.1, -0.05) is 103 Å². The molecule has 0 saturated heterocycles. The molecule has 0 bridgehead atoms. The highest BCUT2D eigenvalue weighted by atomic mass is 16.5. The molecule has 4 heteroatoms. The van der Waals surface area contributed by atoms with Crippen LogP contribution in [0.15, 0.2) is 109 Å². The monoisotopic (exact) mass is 468 g/mol. The van der Waals surface area contributed by atoms with Gasteiger partial charge in [0.2, 0.25) is 0 Å². The first-order chi connectivity index (χ1) is 17.0. The van der Waals surface area contributed by atoms with E-state index in [9.17, 15) is 9.59 Å². The Hall–Kier alpha value is -4.18. The largest absolute Gasteiger partial charge is 0.463 e. The van der Waals surface area contributed by atoms with Crippen molar-refractivity contribution in [1.29, 1.82) is 0 Å². The zero-order chi connectivity index (χ0) is 25.3. The maximum absolute atomic E-state index is 11.8. The van der Waals surface area contributed by atoms with Gasteiger partial charge in [-0.2, -0.15) is 0 Å². The Morgan fingerprint density at radius 1 is 0.600 bits per heavy atom. The molecule has 0 spiro atoms. The van der Waals surface area contributed by atoms with Gasteiger partial charge in [0, 0.05) is 0 Å². The third kappa shape index (κ3) is 10.5. The van der Waals surface area contributed by atoms with Crippen molar-refractivity contribution in [1.82, 2.24) is 0 Å². The molecule has 0 aliphatic carbocycles. The Labute approximate surface area is 208 Å². The van der Waals surface area contributed by atoms with Crippen molar-refractivity contribution in [2.75, 3.05) is 0 Å². The van der Waals surface area contributed by atoms with Crippen molar-refractivity contribution in [3.8, 4) is 0 Å². The molecule has 0 fully saturated rings. The number of carbonyl (C=O) groups is 2. The van der Waals surface area contributed by atoms with Gasteiger partial charge in [-0.25, -0.2) is 4.79 Å². The first-order valence-corrected chi connectivity index (χ1v) is 11.4. The Bertz CT molecular complexity index is 1130. The van der Waals surface area contributed by atoms with E-state index in [-0.39, 0.29) is 5.97 Å². The number of rotatable bonds is 6. The van der Waals surface area contributed by atoms with Crippen molar-refractivity contribution in [3.05, 3.63) is 143 Å². The summed E-state index contributed by atoms with van der Waals surface area (Å²) >= 11 is 0. The molecule has 35 heavy (non-hydrogen) atoms. The van der Waals surface area contributed by atoms with Crippen LogP contribution in [0.5, 0.6) is 0 Å². The van der Waals surface area contributed by atoms with Crippen LogP contribution in [0.25, 0.3) is 0 Å². The first-order valence-electron chi connectivity index (χ1n) is 11.4. The second kappa shape index (κ2) is 15.6. The fourth-order valence-electron chi connectivity index (χ4n) is 2.97. The Balaban J connectivity index is 0.000000204. The van der Waals surface area contributed by atoms with Crippen LogP contribution < -0.4 is 0 Å². The molecule has 0 radical (unpaired) electrons. The third-order valence-electron chi connectivity index (χ3n) is 5.16. The lowest BCUT2D eigenvalue weighted by Gasteiger charge is -2.06. The maximum atomic E-state index is 11.8. The van der Waals surface area contributed by atoms with E-state index in [1.54, 1.807) is 6.07 Å². The summed E-state index contributed by atoms with van der Waals surface area (Å²) in [4.78, 5) is 21.6. The molecule has 180 valence electrons. The highest BCUT2D eigenvalue weighted by molar-refractivity contribution is 5.90. The molecule has 4 rings (SSSR count). The lowest BCUT2D eigenvalue weighted by molar-refractivity contribution is -0.129. The van der Waals surface area contributed by atoms with Crippen LogP contribution in [-0.2, 0) is 27.5 Å². The van der Waals surface area contributed by atoms with Crippen LogP contribution in [0.1, 0.15) is 38.2 Å². The molecule has 4 aromatic rings. The van der Waals surface area contributed by atoms with Gasteiger partial charge >= 0.3 is 5.97 Å². The molecule has 0 heterocycles. The van der Waals surface area contributed by atoms with Gasteiger partial charge in [-0.15, -0.1) is 0 Å². The van der Waals surface area contributed by atoms with Crippen LogP contribution in [0.2, 0.25) is 0 Å². The van der Waals surface area contributed by atoms with Crippen LogP contribution >= 0.6 is 0 Å². The summed E-state index contributed by atoms with van der Waals surface area (Å²) in [7, 11) is 0. The Morgan fingerprint density at radius 2 is 1.03 bits per heavy atom. The van der Waals surface area contributed by atoms with E-state index in [0.717, 1.165) is 16.7 Å². The smallest absolute Gasteiger partial charge is 0.338 e. The van der Waals surface area contributed by atoms with Crippen molar-refractivity contribution >= 4 is 12.4 Å². The summed E-state index contributed by atoms with van der Waals surface area (Å²) in [5, 5.41) is 0. The number of esters is 1. The second-order valence-electron chi connectivity index (χ2n) is 7.85. The van der Waals surface area contributed by atoms with Gasteiger partial charge in [-0.3, -0.25) is 4.79 Å². The van der Waals surface area contributed by atoms with Crippen LogP contribution in [0.4, 0.5) is 0 Å². The van der Waals surface area contributed by atoms with Crippen LogP contribution in [-0.4, -0.2) is 12.4 Å². The fourth-order valence-corrected chi connectivity index (χ4v) is 2.97. The molecule has 0 aromatic heterocycles. The summed E-state index contributed by atoms with van der Waals surface area (Å²) in [5.74, 6) is -0.271. The molecule has 4 aromatic carbocycles. The topological polar surface area (TPSA) is 52.6 Å². The first kappa shape index (κ1) is 27.1. The minimum absolute atomic E-state index is 0.271. The molecular weight excluding hydrogens is 436 g/mol. The zero-order valence-corrected chi connectivity index (χ0v) is 20.5. The third-order valence-corrected chi connectivity index (χ3v) is 5.16. The number of ether oxygens (including phenoxy) is 2. The molecule has 0 aliphatic rings. The van der Waals surface area contributed by atoms with Gasteiger partial charge in [0.05, 0.1) is 5.56 Å². The van der Waals surface area contributed by atoms with Crippen molar-refractivity contribution in [2.45, 2.75) is 34.0 Å². The molecular formula is C31H32O4. The van der Waals surface area contributed by atoms with E-state index in [2.05, 4.69) is 42.8 Å². The van der Waals surface area contributed by atoms with E-state index in [1.807, 2.05) is 85.8 Å². The predicted molar refractivity (Wildman–Crippen MR) is 140 cm³/mol. The van der Waals surface area contributed by atoms with E-state index in [4.69, 9.17) is 4.74 Å². The summed E-state index contributed by atoms with van der Waals surface area (Å²) in [6, 6.07) is 35.0. The van der Waals surface area contributed by atoms with Crippen molar-refractivity contribution < 1.29 is 19.1 Å². The Morgan fingerprint density at radius 3 is 1.49 bits per heavy atom. The molecule has 0 N–H and O–H groups in total. The molecule has 0 aliphatic heterocycles. The summed E-state index contributed by atoms with van der Waals surface area (Å²) in [5.41, 5.74) is 6.30. The predicted octanol–water partition coefficient (Wildman–Crippen LogP) is 7.02. The minimum Gasteiger partial charge on any atom is -0.463 e. The Kier molecular flexibility index (Phi) is 12.1. The van der Waals surface area contributed by atoms with Crippen molar-refractivity contribution in [3.63, 3.8) is 0 Å². The van der Waals surface area contributed by atoms with Gasteiger partial charge in [-0.05, 0) is 54.7 Å². The van der Waals surface area contributed by atoms with Crippen LogP contribution in [0.3, 0.4) is 0 Å². The van der Waals surface area contributed by atoms with Gasteiger partial charge < -0.3 is 9.47 Å². The van der Waals surface area contributed by atoms with E-state index >= 15 is 0 Å². The van der Waals surface area contributed by atoms with E-state index in [0.29, 0.717) is 25.2 Å². The van der Waals surface area contributed by atoms with E-state index < -0.39 is 0 Å². The minimum atomic E-state index is -0.271. The summed E-state index contributed by atoms with van der Waals surface area (Å²) in [6.07, 6.45) is 0. The number of hydrogen-bond acceptors (Lipinski definition) is 4. The van der Waals surface area contributed by atoms with Crippen LogP contribution in [0, 0.1) is 20.8 Å². The SMILES string of the molecule is Cc1ccccc1C.Cc1ccccc1C(=O)OCc1ccccc1.O=COCc1ccccc1. The quantitative estimate of drug-likeness (QED) is 0.225. The van der Waals surface area contributed by atoms with Gasteiger partial charge in [0.15, 0.2) is 0 Å². The fraction of sp³-hybridized carbons (Fsp3) is 0.161. The second-order valence-corrected chi connectivity index (χ2v) is 7.85. The molecule has 0 atom stereocenters. The number of carbonyl (C=O) groups excluding carboxylic acids is 2. The maximum Gasteiger partial charge on any atom is 0.338 e.